The zero-order valence-electron chi connectivity index (χ0n) is 14.4. The molecule has 2 aliphatic rings. The van der Waals surface area contributed by atoms with E-state index in [1.165, 1.54) is 29.5 Å². The maximum atomic E-state index is 6.09. The van der Waals surface area contributed by atoms with Gasteiger partial charge in [-0.25, -0.2) is 0 Å². The van der Waals surface area contributed by atoms with Crippen LogP contribution in [-0.2, 0) is 18.3 Å². The molecular weight excluding hydrogens is 274 g/mol. The van der Waals surface area contributed by atoms with Crippen LogP contribution in [0.25, 0.3) is 0 Å². The summed E-state index contributed by atoms with van der Waals surface area (Å²) >= 11 is 0. The molecule has 1 fully saturated rings. The van der Waals surface area contributed by atoms with E-state index in [-0.39, 0.29) is 5.41 Å². The second-order valence-electron chi connectivity index (χ2n) is 7.45. The maximum absolute atomic E-state index is 6.09. The molecule has 1 saturated heterocycles. The van der Waals surface area contributed by atoms with Crippen LogP contribution < -0.4 is 14.8 Å². The smallest absolute Gasteiger partial charge is 0.126 e. The Morgan fingerprint density at radius 2 is 2.23 bits per heavy atom. The molecule has 1 atom stereocenters. The van der Waals surface area contributed by atoms with Crippen molar-refractivity contribution in [2.45, 2.75) is 51.9 Å². The number of methoxy groups -OCH3 is 1. The number of nitrogens with one attached hydrogen (secondary N) is 1. The van der Waals surface area contributed by atoms with E-state index in [1.54, 1.807) is 7.11 Å². The van der Waals surface area contributed by atoms with Gasteiger partial charge in [0.1, 0.15) is 11.5 Å². The molecule has 1 aromatic rings. The molecule has 0 radical (unpaired) electrons. The standard InChI is InChI=1S/C19H29NO2/c1-13(2)10-15-14-6-9-22-18(14)16(11-17(15)21-4)19(3)7-5-8-20-12-19/h11,13,20H,5-10,12H2,1-4H3/t19-/m0/s1. The van der Waals surface area contributed by atoms with E-state index < -0.39 is 0 Å². The molecule has 2 aliphatic heterocycles. The van der Waals surface area contributed by atoms with Gasteiger partial charge in [0.15, 0.2) is 0 Å². The first-order chi connectivity index (χ1) is 10.5. The van der Waals surface area contributed by atoms with Crippen molar-refractivity contribution in [3.63, 3.8) is 0 Å². The number of benzene rings is 1. The largest absolute Gasteiger partial charge is 0.496 e. The van der Waals surface area contributed by atoms with Crippen molar-refractivity contribution in [1.82, 2.24) is 5.32 Å². The molecule has 2 heterocycles. The lowest BCUT2D eigenvalue weighted by Gasteiger charge is -2.36. The van der Waals surface area contributed by atoms with Gasteiger partial charge in [-0.05, 0) is 37.8 Å². The second-order valence-corrected chi connectivity index (χ2v) is 7.45. The Morgan fingerprint density at radius 1 is 1.41 bits per heavy atom. The highest BCUT2D eigenvalue weighted by atomic mass is 16.5. The highest BCUT2D eigenvalue weighted by molar-refractivity contribution is 5.58. The minimum atomic E-state index is 0.149. The molecule has 122 valence electrons. The van der Waals surface area contributed by atoms with E-state index in [0.717, 1.165) is 44.0 Å². The number of rotatable bonds is 4. The third-order valence-corrected chi connectivity index (χ3v) is 5.13. The summed E-state index contributed by atoms with van der Waals surface area (Å²) in [5, 5.41) is 3.55. The van der Waals surface area contributed by atoms with E-state index >= 15 is 0 Å². The first-order valence-corrected chi connectivity index (χ1v) is 8.62. The molecule has 0 saturated carbocycles. The first-order valence-electron chi connectivity index (χ1n) is 8.62. The predicted octanol–water partition coefficient (Wildman–Crippen LogP) is 3.47. The summed E-state index contributed by atoms with van der Waals surface area (Å²) in [6.45, 7) is 9.85. The van der Waals surface area contributed by atoms with Gasteiger partial charge in [-0.3, -0.25) is 0 Å². The Hall–Kier alpha value is -1.22. The van der Waals surface area contributed by atoms with Crippen molar-refractivity contribution in [2.24, 2.45) is 5.92 Å². The summed E-state index contributed by atoms with van der Waals surface area (Å²) in [6.07, 6.45) is 4.51. The fraction of sp³-hybridized carbons (Fsp3) is 0.684. The Bertz CT molecular complexity index is 545. The Balaban J connectivity index is 2.10. The van der Waals surface area contributed by atoms with Crippen molar-refractivity contribution in [3.05, 3.63) is 22.8 Å². The van der Waals surface area contributed by atoms with Gasteiger partial charge in [-0.1, -0.05) is 20.8 Å². The van der Waals surface area contributed by atoms with Crippen molar-refractivity contribution < 1.29 is 9.47 Å². The molecule has 0 amide bonds. The highest BCUT2D eigenvalue weighted by Gasteiger charge is 2.36. The van der Waals surface area contributed by atoms with Crippen LogP contribution in [0.2, 0.25) is 0 Å². The van der Waals surface area contributed by atoms with Crippen LogP contribution in [0.3, 0.4) is 0 Å². The van der Waals surface area contributed by atoms with Crippen LogP contribution in [0.4, 0.5) is 0 Å². The summed E-state index contributed by atoms with van der Waals surface area (Å²) in [7, 11) is 1.80. The molecule has 3 nitrogen and oxygen atoms in total. The molecule has 0 bridgehead atoms. The summed E-state index contributed by atoms with van der Waals surface area (Å²) in [5.41, 5.74) is 4.25. The zero-order chi connectivity index (χ0) is 15.7. The van der Waals surface area contributed by atoms with Crippen LogP contribution in [0, 0.1) is 5.92 Å². The molecule has 3 rings (SSSR count). The molecule has 0 spiro atoms. The lowest BCUT2D eigenvalue weighted by atomic mass is 9.74. The van der Waals surface area contributed by atoms with E-state index in [1.807, 2.05) is 0 Å². The van der Waals surface area contributed by atoms with Gasteiger partial charge in [-0.2, -0.15) is 0 Å². The molecule has 1 N–H and O–H groups in total. The van der Waals surface area contributed by atoms with Crippen molar-refractivity contribution in [2.75, 3.05) is 26.8 Å². The normalized spacial score (nSPS) is 24.2. The fourth-order valence-corrected chi connectivity index (χ4v) is 3.97. The van der Waals surface area contributed by atoms with Gasteiger partial charge in [0, 0.05) is 35.1 Å². The fourth-order valence-electron chi connectivity index (χ4n) is 3.97. The van der Waals surface area contributed by atoms with Gasteiger partial charge >= 0.3 is 0 Å². The molecule has 3 heteroatoms. The van der Waals surface area contributed by atoms with Crippen LogP contribution in [0.1, 0.15) is 50.3 Å². The van der Waals surface area contributed by atoms with Crippen molar-refractivity contribution >= 4 is 0 Å². The van der Waals surface area contributed by atoms with Crippen molar-refractivity contribution in [3.8, 4) is 11.5 Å². The highest BCUT2D eigenvalue weighted by Crippen LogP contribution is 2.46. The van der Waals surface area contributed by atoms with Crippen molar-refractivity contribution in [1.29, 1.82) is 0 Å². The minimum absolute atomic E-state index is 0.149. The van der Waals surface area contributed by atoms with E-state index in [0.29, 0.717) is 5.92 Å². The monoisotopic (exact) mass is 303 g/mol. The third kappa shape index (κ3) is 2.71. The lowest BCUT2D eigenvalue weighted by Crippen LogP contribution is -2.41. The summed E-state index contributed by atoms with van der Waals surface area (Å²) < 4.78 is 11.9. The Labute approximate surface area is 134 Å². The molecular formula is C19H29NO2. The predicted molar refractivity (Wildman–Crippen MR) is 90.2 cm³/mol. The number of fused-ring (bicyclic) bond motifs is 1. The van der Waals surface area contributed by atoms with Crippen LogP contribution >= 0.6 is 0 Å². The zero-order valence-corrected chi connectivity index (χ0v) is 14.4. The number of ether oxygens (including phenoxy) is 2. The van der Waals surface area contributed by atoms with Gasteiger partial charge < -0.3 is 14.8 Å². The number of hydrogen-bond donors (Lipinski definition) is 1. The Morgan fingerprint density at radius 3 is 2.86 bits per heavy atom. The quantitative estimate of drug-likeness (QED) is 0.924. The molecule has 0 aliphatic carbocycles. The van der Waals surface area contributed by atoms with Gasteiger partial charge in [0.05, 0.1) is 13.7 Å². The number of piperidine rings is 1. The average Bonchev–Trinajstić information content (AvgIpc) is 2.97. The maximum Gasteiger partial charge on any atom is 0.126 e. The van der Waals surface area contributed by atoms with Crippen LogP contribution in [-0.4, -0.2) is 26.8 Å². The van der Waals surface area contributed by atoms with Gasteiger partial charge in [0.2, 0.25) is 0 Å². The van der Waals surface area contributed by atoms with E-state index in [2.05, 4.69) is 32.2 Å². The molecule has 22 heavy (non-hydrogen) atoms. The summed E-state index contributed by atoms with van der Waals surface area (Å²) in [4.78, 5) is 0. The van der Waals surface area contributed by atoms with Gasteiger partial charge in [-0.15, -0.1) is 0 Å². The molecule has 1 aromatic carbocycles. The SMILES string of the molecule is COc1cc([C@@]2(C)CCCNC2)c2c(c1CC(C)C)CCO2. The summed E-state index contributed by atoms with van der Waals surface area (Å²) in [6, 6.07) is 2.26. The summed E-state index contributed by atoms with van der Waals surface area (Å²) in [5.74, 6) is 2.83. The first kappa shape index (κ1) is 15.7. The minimum Gasteiger partial charge on any atom is -0.496 e. The Kier molecular flexibility index (Phi) is 4.35. The average molecular weight is 303 g/mol. The second kappa shape index (κ2) is 6.11. The van der Waals surface area contributed by atoms with E-state index in [4.69, 9.17) is 9.47 Å². The van der Waals surface area contributed by atoms with E-state index in [9.17, 15) is 0 Å². The molecule has 0 aromatic heterocycles. The topological polar surface area (TPSA) is 30.5 Å². The van der Waals surface area contributed by atoms with Crippen LogP contribution in [0.5, 0.6) is 11.5 Å². The van der Waals surface area contributed by atoms with Gasteiger partial charge in [0.25, 0.3) is 0 Å². The lowest BCUT2D eigenvalue weighted by molar-refractivity contribution is 0.307. The third-order valence-electron chi connectivity index (χ3n) is 5.13. The number of hydrogen-bond acceptors (Lipinski definition) is 3. The molecule has 0 unspecified atom stereocenters. The van der Waals surface area contributed by atoms with Crippen LogP contribution in [0.15, 0.2) is 6.07 Å².